The Hall–Kier alpha value is -0.725. The van der Waals surface area contributed by atoms with Gasteiger partial charge in [0.1, 0.15) is 13.6 Å². The molecule has 0 spiro atoms. The predicted octanol–water partition coefficient (Wildman–Crippen LogP) is 0.747. The molecule has 1 aliphatic rings. The number of hydrogen-bond acceptors (Lipinski definition) is 2. The van der Waals surface area contributed by atoms with Gasteiger partial charge in [-0.3, -0.25) is 4.99 Å². The Morgan fingerprint density at radius 3 is 2.75 bits per heavy atom. The van der Waals surface area contributed by atoms with E-state index in [1.54, 1.807) is 0 Å². The minimum Gasteiger partial charge on any atom is -0.511 e. The van der Waals surface area contributed by atoms with Gasteiger partial charge in [0, 0.05) is 6.42 Å². The molecule has 0 fully saturated rings. The molecule has 0 atom stereocenters. The Morgan fingerprint density at radius 2 is 2.38 bits per heavy atom. The maximum absolute atomic E-state index is 8.73. The third-order valence-electron chi connectivity index (χ3n) is 1.02. The van der Waals surface area contributed by atoms with E-state index in [1.807, 2.05) is 0 Å². The molecule has 0 aromatic rings. The number of rotatable bonds is 0. The summed E-state index contributed by atoms with van der Waals surface area (Å²) in [5.41, 5.74) is 0.600. The van der Waals surface area contributed by atoms with Crippen LogP contribution in [0.5, 0.6) is 0 Å². The first kappa shape index (κ1) is 5.41. The third kappa shape index (κ3) is 1.12. The molecular weight excluding hydrogens is 101 g/mol. The molecule has 1 heterocycles. The summed E-state index contributed by atoms with van der Waals surface area (Å²) in [6, 6.07) is 0. The fourth-order valence-corrected chi connectivity index (χ4v) is 0.543. The van der Waals surface area contributed by atoms with E-state index < -0.39 is 0 Å². The number of hydrogen-bond donors (Lipinski definition) is 1. The van der Waals surface area contributed by atoms with Crippen molar-refractivity contribution in [3.63, 3.8) is 0 Å². The molecule has 1 aliphatic heterocycles. The molecule has 8 heavy (non-hydrogen) atoms. The second-order valence-electron chi connectivity index (χ2n) is 1.74. The number of aliphatic hydroxyl groups is 1. The Balaban J connectivity index is 2.65. The fourth-order valence-electron chi connectivity index (χ4n) is 0.543. The molecule has 1 N–H and O–H groups in total. The van der Waals surface area contributed by atoms with Gasteiger partial charge in [0.25, 0.3) is 0 Å². The minimum absolute atomic E-state index is 0.319. The van der Waals surface area contributed by atoms with Gasteiger partial charge in [0.2, 0.25) is 0 Å². The minimum atomic E-state index is 0.319. The first-order chi connectivity index (χ1) is 3.79. The summed E-state index contributed by atoms with van der Waals surface area (Å²) in [6.45, 7) is 0. The standard InChI is InChI=1S/C5H6BNO/c6-5-2-1-4(8)3-7-5/h3,8H,1-2H2. The molecule has 1 rings (SSSR count). The van der Waals surface area contributed by atoms with Gasteiger partial charge in [-0.15, -0.1) is 0 Å². The average molecular weight is 107 g/mol. The molecular formula is C5H6BNO. The van der Waals surface area contributed by atoms with Crippen molar-refractivity contribution >= 4 is 13.5 Å². The Bertz CT molecular complexity index is 133. The van der Waals surface area contributed by atoms with Crippen molar-refractivity contribution in [3.8, 4) is 0 Å². The number of aliphatic hydroxyl groups excluding tert-OH is 1. The first-order valence-corrected chi connectivity index (χ1v) is 2.49. The van der Waals surface area contributed by atoms with Gasteiger partial charge in [-0.25, -0.2) is 0 Å². The summed E-state index contributed by atoms with van der Waals surface area (Å²) in [5, 5.41) is 8.73. The van der Waals surface area contributed by atoms with E-state index in [-0.39, 0.29) is 0 Å². The topological polar surface area (TPSA) is 32.6 Å². The Labute approximate surface area is 49.3 Å². The monoisotopic (exact) mass is 107 g/mol. The maximum Gasteiger partial charge on any atom is 0.135 e. The molecule has 0 aromatic heterocycles. The predicted molar refractivity (Wildman–Crippen MR) is 33.1 cm³/mol. The lowest BCUT2D eigenvalue weighted by atomic mass is 9.95. The molecule has 2 radical (unpaired) electrons. The van der Waals surface area contributed by atoms with E-state index in [0.29, 0.717) is 24.2 Å². The zero-order chi connectivity index (χ0) is 5.98. The number of aliphatic imine (C=N–C) groups is 1. The van der Waals surface area contributed by atoms with E-state index in [9.17, 15) is 0 Å². The summed E-state index contributed by atoms with van der Waals surface area (Å²) < 4.78 is 0. The average Bonchev–Trinajstić information content (AvgIpc) is 1.77. The molecule has 3 heteroatoms. The van der Waals surface area contributed by atoms with Gasteiger partial charge < -0.3 is 5.11 Å². The van der Waals surface area contributed by atoms with Crippen LogP contribution < -0.4 is 0 Å². The smallest absolute Gasteiger partial charge is 0.135 e. The van der Waals surface area contributed by atoms with Crippen molar-refractivity contribution in [2.75, 3.05) is 0 Å². The normalized spacial score (nSPS) is 19.5. The van der Waals surface area contributed by atoms with E-state index >= 15 is 0 Å². The highest BCUT2D eigenvalue weighted by molar-refractivity contribution is 6.59. The SMILES string of the molecule is [B]C1=NC=C(O)CC1. The summed E-state index contributed by atoms with van der Waals surface area (Å²) >= 11 is 0. The van der Waals surface area contributed by atoms with Gasteiger partial charge in [0.15, 0.2) is 0 Å². The second-order valence-corrected chi connectivity index (χ2v) is 1.74. The van der Waals surface area contributed by atoms with Gasteiger partial charge in [-0.05, 0) is 12.0 Å². The van der Waals surface area contributed by atoms with E-state index in [0.717, 1.165) is 0 Å². The van der Waals surface area contributed by atoms with Crippen molar-refractivity contribution in [3.05, 3.63) is 12.0 Å². The Morgan fingerprint density at radius 1 is 1.62 bits per heavy atom. The van der Waals surface area contributed by atoms with Crippen LogP contribution in [0.25, 0.3) is 0 Å². The summed E-state index contributed by atoms with van der Waals surface area (Å²) in [5.74, 6) is 0.319. The van der Waals surface area contributed by atoms with Crippen LogP contribution in [0.3, 0.4) is 0 Å². The van der Waals surface area contributed by atoms with E-state index in [2.05, 4.69) is 4.99 Å². The lowest BCUT2D eigenvalue weighted by molar-refractivity contribution is 0.387. The van der Waals surface area contributed by atoms with Crippen molar-refractivity contribution in [2.24, 2.45) is 4.99 Å². The highest BCUT2D eigenvalue weighted by Crippen LogP contribution is 2.06. The molecule has 0 saturated carbocycles. The van der Waals surface area contributed by atoms with Crippen LogP contribution in [0.15, 0.2) is 17.0 Å². The van der Waals surface area contributed by atoms with Crippen LogP contribution >= 0.6 is 0 Å². The number of allylic oxidation sites excluding steroid dienone is 1. The molecule has 0 amide bonds. The van der Waals surface area contributed by atoms with Gasteiger partial charge in [-0.1, -0.05) is 0 Å². The van der Waals surface area contributed by atoms with Crippen molar-refractivity contribution in [1.29, 1.82) is 0 Å². The van der Waals surface area contributed by atoms with Gasteiger partial charge >= 0.3 is 0 Å². The lowest BCUT2D eigenvalue weighted by Crippen LogP contribution is -2.01. The highest BCUT2D eigenvalue weighted by atomic mass is 16.3. The van der Waals surface area contributed by atoms with E-state index in [4.69, 9.17) is 13.0 Å². The zero-order valence-electron chi connectivity index (χ0n) is 4.46. The summed E-state index contributed by atoms with van der Waals surface area (Å²) in [4.78, 5) is 3.69. The van der Waals surface area contributed by atoms with Crippen LogP contribution in [0.4, 0.5) is 0 Å². The van der Waals surface area contributed by atoms with Gasteiger partial charge in [0.05, 0.1) is 6.20 Å². The highest BCUT2D eigenvalue weighted by Gasteiger charge is 1.99. The molecule has 0 bridgehead atoms. The van der Waals surface area contributed by atoms with Gasteiger partial charge in [-0.2, -0.15) is 0 Å². The van der Waals surface area contributed by atoms with Crippen molar-refractivity contribution < 1.29 is 5.11 Å². The maximum atomic E-state index is 8.73. The van der Waals surface area contributed by atoms with Crippen molar-refractivity contribution in [1.82, 2.24) is 0 Å². The zero-order valence-corrected chi connectivity index (χ0v) is 4.46. The Kier molecular flexibility index (Phi) is 1.37. The second kappa shape index (κ2) is 2.03. The molecule has 0 aromatic carbocycles. The summed E-state index contributed by atoms with van der Waals surface area (Å²) in [7, 11) is 5.29. The molecule has 0 aliphatic carbocycles. The largest absolute Gasteiger partial charge is 0.511 e. The molecule has 0 unspecified atom stereocenters. The van der Waals surface area contributed by atoms with Crippen LogP contribution in [-0.4, -0.2) is 18.6 Å². The fraction of sp³-hybridized carbons (Fsp3) is 0.400. The van der Waals surface area contributed by atoms with Crippen LogP contribution in [0, 0.1) is 0 Å². The quantitative estimate of drug-likeness (QED) is 0.455. The number of nitrogens with zero attached hydrogens (tertiary/aromatic N) is 1. The van der Waals surface area contributed by atoms with Crippen LogP contribution in [-0.2, 0) is 0 Å². The molecule has 40 valence electrons. The molecule has 2 nitrogen and oxygen atoms in total. The first-order valence-electron chi connectivity index (χ1n) is 2.49. The summed E-state index contributed by atoms with van der Waals surface area (Å²) in [6.07, 6.45) is 2.70. The van der Waals surface area contributed by atoms with E-state index in [1.165, 1.54) is 6.20 Å². The van der Waals surface area contributed by atoms with Crippen LogP contribution in [0.1, 0.15) is 12.8 Å². The van der Waals surface area contributed by atoms with Crippen molar-refractivity contribution in [2.45, 2.75) is 12.8 Å². The van der Waals surface area contributed by atoms with Crippen LogP contribution in [0.2, 0.25) is 0 Å². The lowest BCUT2D eigenvalue weighted by Gasteiger charge is -2.03. The molecule has 0 saturated heterocycles. The third-order valence-corrected chi connectivity index (χ3v) is 1.02.